The molecule has 0 aromatic heterocycles. The van der Waals surface area contributed by atoms with Crippen LogP contribution in [0, 0.1) is 5.82 Å². The van der Waals surface area contributed by atoms with Gasteiger partial charge in [-0.2, -0.15) is 4.31 Å². The van der Waals surface area contributed by atoms with Gasteiger partial charge >= 0.3 is 0 Å². The number of rotatable bonds is 6. The molecule has 0 aliphatic heterocycles. The molecule has 0 heterocycles. The maximum absolute atomic E-state index is 13.4. The van der Waals surface area contributed by atoms with Crippen LogP contribution < -0.4 is 5.32 Å². The first-order valence-corrected chi connectivity index (χ1v) is 9.89. The highest BCUT2D eigenvalue weighted by molar-refractivity contribution is 9.10. The Morgan fingerprint density at radius 2 is 1.72 bits per heavy atom. The van der Waals surface area contributed by atoms with E-state index in [9.17, 15) is 17.6 Å². The van der Waals surface area contributed by atoms with Gasteiger partial charge in [-0.15, -0.1) is 0 Å². The molecular formula is C17H18BrFN2O3S. The molecule has 1 amide bonds. The van der Waals surface area contributed by atoms with E-state index in [0.717, 1.165) is 6.07 Å². The van der Waals surface area contributed by atoms with Crippen LogP contribution in [0.1, 0.15) is 24.2 Å². The van der Waals surface area contributed by atoms with E-state index in [1.807, 2.05) is 0 Å². The average Bonchev–Trinajstić information content (AvgIpc) is 2.55. The molecule has 0 spiro atoms. The molecule has 0 atom stereocenters. The molecule has 0 saturated carbocycles. The monoisotopic (exact) mass is 428 g/mol. The fraction of sp³-hybridized carbons (Fsp3) is 0.235. The SMILES string of the molecule is CCN(CC)S(=O)(=O)c1ccc(NC(=O)c2cc(F)cc(Br)c2)cc1. The maximum Gasteiger partial charge on any atom is 0.255 e. The van der Waals surface area contributed by atoms with Crippen molar-refractivity contribution in [1.82, 2.24) is 4.31 Å². The zero-order valence-corrected chi connectivity index (χ0v) is 16.2. The summed E-state index contributed by atoms with van der Waals surface area (Å²) < 4.78 is 40.0. The van der Waals surface area contributed by atoms with Gasteiger partial charge in [-0.1, -0.05) is 29.8 Å². The van der Waals surface area contributed by atoms with Crippen LogP contribution in [0.15, 0.2) is 51.8 Å². The second-order valence-corrected chi connectivity index (χ2v) is 8.08. The Morgan fingerprint density at radius 1 is 1.12 bits per heavy atom. The molecule has 0 aliphatic rings. The molecule has 0 fully saturated rings. The van der Waals surface area contributed by atoms with Gasteiger partial charge < -0.3 is 5.32 Å². The number of benzene rings is 2. The van der Waals surface area contributed by atoms with E-state index in [4.69, 9.17) is 0 Å². The lowest BCUT2D eigenvalue weighted by Gasteiger charge is -2.18. The second kappa shape index (κ2) is 8.07. The summed E-state index contributed by atoms with van der Waals surface area (Å²) in [5.74, 6) is -1.01. The van der Waals surface area contributed by atoms with Crippen LogP contribution in [-0.2, 0) is 10.0 Å². The summed E-state index contributed by atoms with van der Waals surface area (Å²) in [6.45, 7) is 4.30. The fourth-order valence-corrected chi connectivity index (χ4v) is 4.23. The number of amides is 1. The number of hydrogen-bond acceptors (Lipinski definition) is 3. The van der Waals surface area contributed by atoms with Crippen molar-refractivity contribution >= 4 is 37.5 Å². The van der Waals surface area contributed by atoms with E-state index in [0.29, 0.717) is 23.2 Å². The van der Waals surface area contributed by atoms with Crippen molar-refractivity contribution in [2.75, 3.05) is 18.4 Å². The molecule has 8 heteroatoms. The predicted octanol–water partition coefficient (Wildman–Crippen LogP) is 3.87. The smallest absolute Gasteiger partial charge is 0.255 e. The standard InChI is InChI=1S/C17H18BrFN2O3S/c1-3-21(4-2)25(23,24)16-7-5-15(6-8-16)20-17(22)12-9-13(18)11-14(19)10-12/h5-11H,3-4H2,1-2H3,(H,20,22). The number of carbonyl (C=O) groups excluding carboxylic acids is 1. The Hall–Kier alpha value is -1.77. The van der Waals surface area contributed by atoms with E-state index >= 15 is 0 Å². The van der Waals surface area contributed by atoms with Crippen molar-refractivity contribution in [2.45, 2.75) is 18.7 Å². The maximum atomic E-state index is 13.4. The number of carbonyl (C=O) groups is 1. The summed E-state index contributed by atoms with van der Waals surface area (Å²) in [6.07, 6.45) is 0. The van der Waals surface area contributed by atoms with Gasteiger partial charge in [0.25, 0.3) is 5.91 Å². The van der Waals surface area contributed by atoms with Gasteiger partial charge in [0.15, 0.2) is 0 Å². The quantitative estimate of drug-likeness (QED) is 0.758. The van der Waals surface area contributed by atoms with Gasteiger partial charge in [0.05, 0.1) is 4.90 Å². The zero-order chi connectivity index (χ0) is 18.6. The largest absolute Gasteiger partial charge is 0.322 e. The topological polar surface area (TPSA) is 66.5 Å². The summed E-state index contributed by atoms with van der Waals surface area (Å²) in [5.41, 5.74) is 0.579. The first-order chi connectivity index (χ1) is 11.8. The van der Waals surface area contributed by atoms with Crippen LogP contribution in [0.2, 0.25) is 0 Å². The number of hydrogen-bond donors (Lipinski definition) is 1. The van der Waals surface area contributed by atoms with Crippen molar-refractivity contribution < 1.29 is 17.6 Å². The lowest BCUT2D eigenvalue weighted by Crippen LogP contribution is -2.30. The Balaban J connectivity index is 2.19. The van der Waals surface area contributed by atoms with E-state index in [2.05, 4.69) is 21.2 Å². The molecule has 0 radical (unpaired) electrons. The van der Waals surface area contributed by atoms with Crippen LogP contribution in [-0.4, -0.2) is 31.7 Å². The molecule has 1 N–H and O–H groups in total. The van der Waals surface area contributed by atoms with Crippen LogP contribution in [0.3, 0.4) is 0 Å². The minimum Gasteiger partial charge on any atom is -0.322 e. The van der Waals surface area contributed by atoms with Gasteiger partial charge in [-0.3, -0.25) is 4.79 Å². The Bertz CT molecular complexity index is 846. The minimum absolute atomic E-state index is 0.155. The Kier molecular flexibility index (Phi) is 6.31. The summed E-state index contributed by atoms with van der Waals surface area (Å²) in [7, 11) is -3.54. The third-order valence-corrected chi connectivity index (χ3v) is 6.10. The molecule has 5 nitrogen and oxygen atoms in total. The predicted molar refractivity (Wildman–Crippen MR) is 98.6 cm³/mol. The first kappa shape index (κ1) is 19.6. The van der Waals surface area contributed by atoms with E-state index < -0.39 is 21.7 Å². The van der Waals surface area contributed by atoms with Gasteiger partial charge in [-0.05, 0) is 42.5 Å². The van der Waals surface area contributed by atoms with Gasteiger partial charge in [0, 0.05) is 28.8 Å². The number of nitrogens with zero attached hydrogens (tertiary/aromatic N) is 1. The molecule has 2 aromatic rings. The Labute approximate surface area is 155 Å². The highest BCUT2D eigenvalue weighted by Crippen LogP contribution is 2.20. The number of sulfonamides is 1. The summed E-state index contributed by atoms with van der Waals surface area (Å²) in [6, 6.07) is 9.75. The summed E-state index contributed by atoms with van der Waals surface area (Å²) in [5, 5.41) is 2.61. The van der Waals surface area contributed by atoms with Crippen LogP contribution in [0.25, 0.3) is 0 Å². The average molecular weight is 429 g/mol. The molecule has 0 unspecified atom stereocenters. The third kappa shape index (κ3) is 4.65. The molecule has 0 saturated heterocycles. The lowest BCUT2D eigenvalue weighted by atomic mass is 10.2. The first-order valence-electron chi connectivity index (χ1n) is 7.65. The lowest BCUT2D eigenvalue weighted by molar-refractivity contribution is 0.102. The van der Waals surface area contributed by atoms with Crippen molar-refractivity contribution in [3.63, 3.8) is 0 Å². The number of halogens is 2. The number of nitrogens with one attached hydrogen (secondary N) is 1. The van der Waals surface area contributed by atoms with Crippen LogP contribution >= 0.6 is 15.9 Å². The van der Waals surface area contributed by atoms with E-state index in [1.54, 1.807) is 13.8 Å². The molecule has 0 bridgehead atoms. The van der Waals surface area contributed by atoms with Crippen LogP contribution in [0.4, 0.5) is 10.1 Å². The Morgan fingerprint density at radius 3 is 2.24 bits per heavy atom. The van der Waals surface area contributed by atoms with E-state index in [-0.39, 0.29) is 10.5 Å². The van der Waals surface area contributed by atoms with Crippen molar-refractivity contribution in [3.8, 4) is 0 Å². The molecule has 25 heavy (non-hydrogen) atoms. The van der Waals surface area contributed by atoms with Gasteiger partial charge in [0.2, 0.25) is 10.0 Å². The molecule has 134 valence electrons. The van der Waals surface area contributed by atoms with Crippen molar-refractivity contribution in [3.05, 3.63) is 58.3 Å². The van der Waals surface area contributed by atoms with Crippen molar-refractivity contribution in [2.24, 2.45) is 0 Å². The van der Waals surface area contributed by atoms with Gasteiger partial charge in [0.1, 0.15) is 5.82 Å². The molecule has 0 aliphatic carbocycles. The minimum atomic E-state index is -3.54. The van der Waals surface area contributed by atoms with Crippen LogP contribution in [0.5, 0.6) is 0 Å². The number of anilines is 1. The highest BCUT2D eigenvalue weighted by Gasteiger charge is 2.21. The normalized spacial score (nSPS) is 11.6. The zero-order valence-electron chi connectivity index (χ0n) is 13.8. The molecule has 2 aromatic carbocycles. The van der Waals surface area contributed by atoms with Gasteiger partial charge in [-0.25, -0.2) is 12.8 Å². The highest BCUT2D eigenvalue weighted by atomic mass is 79.9. The molecular weight excluding hydrogens is 411 g/mol. The van der Waals surface area contributed by atoms with Crippen molar-refractivity contribution in [1.29, 1.82) is 0 Å². The second-order valence-electron chi connectivity index (χ2n) is 5.23. The van der Waals surface area contributed by atoms with E-state index in [1.165, 1.54) is 40.7 Å². The third-order valence-electron chi connectivity index (χ3n) is 3.58. The summed E-state index contributed by atoms with van der Waals surface area (Å²) >= 11 is 3.13. The molecule has 2 rings (SSSR count). The summed E-state index contributed by atoms with van der Waals surface area (Å²) in [4.78, 5) is 12.3. The fourth-order valence-electron chi connectivity index (χ4n) is 2.31.